The Morgan fingerprint density at radius 3 is 0.895 bits per heavy atom. The molecule has 7 nitrogen and oxygen atoms in total. The molecule has 0 spiro atoms. The maximum Gasteiger partial charge on any atom is 0.0698 e. The zero-order chi connectivity index (χ0) is 14.7. The lowest BCUT2D eigenvalue weighted by molar-refractivity contribution is 0.181. The highest BCUT2D eigenvalue weighted by Crippen LogP contribution is 1.95. The molecule has 0 atom stereocenters. The van der Waals surface area contributed by atoms with Crippen LogP contribution in [0.4, 0.5) is 0 Å². The van der Waals surface area contributed by atoms with Gasteiger partial charge in [-0.05, 0) is 42.3 Å². The molecule has 0 saturated carbocycles. The number of rotatable bonds is 12. The molecule has 0 heterocycles. The Hall–Kier alpha value is -0.280. The van der Waals surface area contributed by atoms with Crippen LogP contribution >= 0.6 is 0 Å². The molecule has 0 aliphatic carbocycles. The molecule has 6 N–H and O–H groups in total. The van der Waals surface area contributed by atoms with E-state index in [-0.39, 0.29) is 18.5 Å². The fourth-order valence-electron chi connectivity index (χ4n) is 1.98. The normalized spacial score (nSPS) is 12.3. The zero-order valence-corrected chi connectivity index (χ0v) is 13.3. The van der Waals surface area contributed by atoms with Crippen molar-refractivity contribution >= 4 is 0 Å². The molecule has 116 valence electrons. The predicted octanol–water partition coefficient (Wildman–Crippen LogP) is -2.42. The average Bonchev–Trinajstić information content (AvgIpc) is 2.46. The number of likely N-dealkylation sites (N-methyl/N-ethyl adjacent to an activating group) is 6. The van der Waals surface area contributed by atoms with Crippen molar-refractivity contribution in [2.24, 2.45) is 0 Å². The van der Waals surface area contributed by atoms with E-state index in [1.54, 1.807) is 0 Å². The average molecular weight is 275 g/mol. The van der Waals surface area contributed by atoms with Crippen LogP contribution < -0.4 is 31.9 Å². The van der Waals surface area contributed by atoms with Crippen molar-refractivity contribution in [2.75, 3.05) is 61.9 Å². The van der Waals surface area contributed by atoms with E-state index < -0.39 is 0 Å². The summed E-state index contributed by atoms with van der Waals surface area (Å²) in [7, 11) is 11.8. The Morgan fingerprint density at radius 2 is 0.737 bits per heavy atom. The van der Waals surface area contributed by atoms with Gasteiger partial charge < -0.3 is 31.9 Å². The molecule has 0 fully saturated rings. The van der Waals surface area contributed by atoms with Crippen LogP contribution in [0.5, 0.6) is 0 Å². The molecule has 0 bridgehead atoms. The second kappa shape index (κ2) is 11.5. The van der Waals surface area contributed by atoms with E-state index in [0.717, 1.165) is 19.6 Å². The molecule has 0 saturated heterocycles. The van der Waals surface area contributed by atoms with Crippen LogP contribution in [0.3, 0.4) is 0 Å². The van der Waals surface area contributed by atoms with Gasteiger partial charge in [0.25, 0.3) is 0 Å². The molecular formula is C12H33N7. The van der Waals surface area contributed by atoms with Crippen LogP contribution in [0.2, 0.25) is 0 Å². The smallest absolute Gasteiger partial charge is 0.0698 e. The fraction of sp³-hybridized carbons (Fsp3) is 1.00. The lowest BCUT2D eigenvalue weighted by atomic mass is 10.3. The lowest BCUT2D eigenvalue weighted by Gasteiger charge is -2.33. The summed E-state index contributed by atoms with van der Waals surface area (Å²) in [6.45, 7) is 2.81. The van der Waals surface area contributed by atoms with E-state index >= 15 is 0 Å². The minimum Gasteiger partial charge on any atom is -0.304 e. The van der Waals surface area contributed by atoms with Crippen LogP contribution in [-0.2, 0) is 0 Å². The maximum absolute atomic E-state index is 3.27. The molecule has 0 aliphatic heterocycles. The van der Waals surface area contributed by atoms with Crippen LogP contribution in [0.15, 0.2) is 0 Å². The van der Waals surface area contributed by atoms with Crippen LogP contribution in [0.1, 0.15) is 0 Å². The molecule has 0 amide bonds. The van der Waals surface area contributed by atoms with Gasteiger partial charge in [0.15, 0.2) is 0 Å². The molecule has 0 aromatic heterocycles. The van der Waals surface area contributed by atoms with Gasteiger partial charge >= 0.3 is 0 Å². The van der Waals surface area contributed by atoms with Gasteiger partial charge in [-0.25, -0.2) is 0 Å². The third-order valence-electron chi connectivity index (χ3n) is 3.41. The minimum atomic E-state index is 0.281. The van der Waals surface area contributed by atoms with E-state index in [1.807, 2.05) is 42.3 Å². The Morgan fingerprint density at radius 1 is 0.526 bits per heavy atom. The summed E-state index contributed by atoms with van der Waals surface area (Å²) >= 11 is 0. The minimum absolute atomic E-state index is 0.281. The van der Waals surface area contributed by atoms with Gasteiger partial charge in [0.2, 0.25) is 0 Å². The van der Waals surface area contributed by atoms with Gasteiger partial charge in [0, 0.05) is 19.6 Å². The standard InChI is InChI=1S/C12H33N7/c1-13-10(14-2)7-19(8-11(15-3)16-4)9-12(17-5)18-6/h10-18H,7-9H2,1-6H3. The molecule has 0 radical (unpaired) electrons. The van der Waals surface area contributed by atoms with Gasteiger partial charge in [-0.2, -0.15) is 0 Å². The first-order valence-electron chi connectivity index (χ1n) is 6.91. The monoisotopic (exact) mass is 275 g/mol. The summed E-state index contributed by atoms with van der Waals surface area (Å²) in [5.74, 6) is 0. The summed E-state index contributed by atoms with van der Waals surface area (Å²) in [5, 5.41) is 19.6. The van der Waals surface area contributed by atoms with Gasteiger partial charge in [0.1, 0.15) is 0 Å². The third-order valence-corrected chi connectivity index (χ3v) is 3.41. The second-order valence-corrected chi connectivity index (χ2v) is 4.61. The molecule has 0 rings (SSSR count). The highest BCUT2D eigenvalue weighted by Gasteiger charge is 2.17. The summed E-state index contributed by atoms with van der Waals surface area (Å²) in [6.07, 6.45) is 0.844. The third kappa shape index (κ3) is 7.78. The molecular weight excluding hydrogens is 242 g/mol. The molecule has 19 heavy (non-hydrogen) atoms. The van der Waals surface area contributed by atoms with Crippen LogP contribution in [-0.4, -0.2) is 85.3 Å². The van der Waals surface area contributed by atoms with E-state index in [1.165, 1.54) is 0 Å². The molecule has 0 aromatic carbocycles. The van der Waals surface area contributed by atoms with Crippen molar-refractivity contribution in [1.82, 2.24) is 36.8 Å². The predicted molar refractivity (Wildman–Crippen MR) is 82.2 cm³/mol. The van der Waals surface area contributed by atoms with Crippen molar-refractivity contribution in [3.8, 4) is 0 Å². The van der Waals surface area contributed by atoms with Crippen molar-refractivity contribution in [2.45, 2.75) is 18.5 Å². The number of nitrogens with one attached hydrogen (secondary N) is 6. The lowest BCUT2D eigenvalue weighted by Crippen LogP contribution is -2.57. The molecule has 0 unspecified atom stereocenters. The Kier molecular flexibility index (Phi) is 11.4. The highest BCUT2D eigenvalue weighted by molar-refractivity contribution is 4.75. The summed E-state index contributed by atoms with van der Waals surface area (Å²) < 4.78 is 0. The topological polar surface area (TPSA) is 75.4 Å². The number of nitrogens with zero attached hydrogens (tertiary/aromatic N) is 1. The zero-order valence-electron chi connectivity index (χ0n) is 13.3. The van der Waals surface area contributed by atoms with Gasteiger partial charge in [-0.15, -0.1) is 0 Å². The SMILES string of the molecule is CNC(CN(CC(NC)NC)CC(NC)NC)NC. The second-order valence-electron chi connectivity index (χ2n) is 4.61. The van der Waals surface area contributed by atoms with E-state index in [0.29, 0.717) is 0 Å². The summed E-state index contributed by atoms with van der Waals surface area (Å²) in [5.41, 5.74) is 0. The first-order valence-corrected chi connectivity index (χ1v) is 6.91. The molecule has 0 aliphatic rings. The van der Waals surface area contributed by atoms with Gasteiger partial charge in [-0.3, -0.25) is 4.90 Å². The van der Waals surface area contributed by atoms with Gasteiger partial charge in [0.05, 0.1) is 18.5 Å². The quantitative estimate of drug-likeness (QED) is 0.222. The van der Waals surface area contributed by atoms with Crippen LogP contribution in [0, 0.1) is 0 Å². The summed E-state index contributed by atoms with van der Waals surface area (Å²) in [6, 6.07) is 0. The number of hydrogen-bond donors (Lipinski definition) is 6. The van der Waals surface area contributed by atoms with Gasteiger partial charge in [-0.1, -0.05) is 0 Å². The Balaban J connectivity index is 4.51. The van der Waals surface area contributed by atoms with Crippen molar-refractivity contribution in [3.05, 3.63) is 0 Å². The molecule has 7 heteroatoms. The first-order chi connectivity index (χ1) is 9.14. The summed E-state index contributed by atoms with van der Waals surface area (Å²) in [4.78, 5) is 2.41. The van der Waals surface area contributed by atoms with Crippen molar-refractivity contribution in [3.63, 3.8) is 0 Å². The first kappa shape index (κ1) is 18.7. The highest BCUT2D eigenvalue weighted by atomic mass is 15.3. The van der Waals surface area contributed by atoms with E-state index in [2.05, 4.69) is 36.8 Å². The number of hydrogen-bond acceptors (Lipinski definition) is 7. The van der Waals surface area contributed by atoms with E-state index in [4.69, 9.17) is 0 Å². The van der Waals surface area contributed by atoms with Crippen molar-refractivity contribution in [1.29, 1.82) is 0 Å². The fourth-order valence-corrected chi connectivity index (χ4v) is 1.98. The maximum atomic E-state index is 3.27. The Bertz CT molecular complexity index is 157. The Labute approximate surface area is 118 Å². The van der Waals surface area contributed by atoms with Crippen LogP contribution in [0.25, 0.3) is 0 Å². The van der Waals surface area contributed by atoms with E-state index in [9.17, 15) is 0 Å². The largest absolute Gasteiger partial charge is 0.304 e. The molecule has 0 aromatic rings. The van der Waals surface area contributed by atoms with Crippen molar-refractivity contribution < 1.29 is 0 Å².